The molecule has 1 saturated heterocycles. The van der Waals surface area contributed by atoms with E-state index in [1.165, 1.54) is 0 Å². The fraction of sp³-hybridized carbons (Fsp3) is 0.900. The summed E-state index contributed by atoms with van der Waals surface area (Å²) in [4.78, 5) is 0. The lowest BCUT2D eigenvalue weighted by Crippen LogP contribution is -2.45. The maximum absolute atomic E-state index is 11.8. The van der Waals surface area contributed by atoms with Gasteiger partial charge < -0.3 is 0 Å². The first-order valence-electron chi connectivity index (χ1n) is 4.69. The molecule has 73 valence electrons. The van der Waals surface area contributed by atoms with Gasteiger partial charge in [0.15, 0.2) is 0 Å². The molecule has 1 atom stereocenters. The number of hydrogen-bond donors (Lipinski definition) is 0. The summed E-state index contributed by atoms with van der Waals surface area (Å²) in [7, 11) is 0. The fourth-order valence-corrected chi connectivity index (χ4v) is 1.87. The summed E-state index contributed by atoms with van der Waals surface area (Å²) in [6.45, 7) is 7.55. The highest BCUT2D eigenvalue weighted by molar-refractivity contribution is 5.05. The summed E-state index contributed by atoms with van der Waals surface area (Å²) in [5, 5.41) is 21.8. The first kappa shape index (κ1) is 10.5. The first-order valence-corrected chi connectivity index (χ1v) is 4.69. The van der Waals surface area contributed by atoms with E-state index < -0.39 is 5.41 Å². The molecule has 0 aromatic carbocycles. The number of rotatable bonds is 1. The molecular formula is C10H17N2O. The van der Waals surface area contributed by atoms with Crippen LogP contribution in [0.15, 0.2) is 0 Å². The molecule has 3 nitrogen and oxygen atoms in total. The smallest absolute Gasteiger partial charge is 0.0701 e. The van der Waals surface area contributed by atoms with E-state index in [-0.39, 0.29) is 11.6 Å². The Kier molecular flexibility index (Phi) is 2.40. The molecule has 13 heavy (non-hydrogen) atoms. The van der Waals surface area contributed by atoms with Gasteiger partial charge in [-0.2, -0.15) is 5.26 Å². The summed E-state index contributed by atoms with van der Waals surface area (Å²) in [6.07, 6.45) is 1.71. The monoisotopic (exact) mass is 181 g/mol. The molecule has 1 aliphatic heterocycles. The van der Waals surface area contributed by atoms with Crippen LogP contribution < -0.4 is 0 Å². The Bertz CT molecular complexity index is 240. The standard InChI is InChI=1S/C10H17N2O/c1-9(2,7-11)8-5-6-10(3,4)12(8)13/h8H,5-6H2,1-4H3. The molecule has 1 fully saturated rings. The second-order valence-corrected chi connectivity index (χ2v) is 5.03. The number of hydroxylamine groups is 2. The minimum atomic E-state index is -0.532. The van der Waals surface area contributed by atoms with Gasteiger partial charge in [-0.25, -0.2) is 0 Å². The molecular weight excluding hydrogens is 164 g/mol. The highest BCUT2D eigenvalue weighted by atomic mass is 16.5. The molecule has 0 saturated carbocycles. The largest absolute Gasteiger partial charge is 0.198 e. The minimum absolute atomic E-state index is 0.146. The minimum Gasteiger partial charge on any atom is -0.198 e. The van der Waals surface area contributed by atoms with Crippen LogP contribution in [0.1, 0.15) is 40.5 Å². The Morgan fingerprint density at radius 1 is 1.54 bits per heavy atom. The Hall–Kier alpha value is -0.590. The van der Waals surface area contributed by atoms with Crippen LogP contribution in [-0.4, -0.2) is 16.6 Å². The molecule has 0 spiro atoms. The van der Waals surface area contributed by atoms with Gasteiger partial charge in [0.2, 0.25) is 0 Å². The molecule has 1 unspecified atom stereocenters. The van der Waals surface area contributed by atoms with Crippen molar-refractivity contribution in [2.75, 3.05) is 0 Å². The van der Waals surface area contributed by atoms with Crippen molar-refractivity contribution >= 4 is 0 Å². The van der Waals surface area contributed by atoms with E-state index >= 15 is 0 Å². The Morgan fingerprint density at radius 2 is 2.08 bits per heavy atom. The van der Waals surface area contributed by atoms with Crippen molar-refractivity contribution < 1.29 is 5.21 Å². The molecule has 1 rings (SSSR count). The van der Waals surface area contributed by atoms with Crippen LogP contribution in [0.25, 0.3) is 0 Å². The number of nitrogens with zero attached hydrogens (tertiary/aromatic N) is 2. The van der Waals surface area contributed by atoms with E-state index in [4.69, 9.17) is 5.26 Å². The lowest BCUT2D eigenvalue weighted by atomic mass is 9.85. The quantitative estimate of drug-likeness (QED) is 0.622. The molecule has 0 bridgehead atoms. The lowest BCUT2D eigenvalue weighted by Gasteiger charge is -2.32. The van der Waals surface area contributed by atoms with Gasteiger partial charge in [-0.3, -0.25) is 0 Å². The van der Waals surface area contributed by atoms with Crippen LogP contribution in [0.2, 0.25) is 0 Å². The molecule has 1 heterocycles. The van der Waals surface area contributed by atoms with Gasteiger partial charge in [0.05, 0.1) is 17.5 Å². The van der Waals surface area contributed by atoms with Crippen molar-refractivity contribution in [1.29, 1.82) is 5.26 Å². The van der Waals surface area contributed by atoms with Crippen molar-refractivity contribution in [3.8, 4) is 6.07 Å². The van der Waals surface area contributed by atoms with Crippen LogP contribution in [0.5, 0.6) is 0 Å². The summed E-state index contributed by atoms with van der Waals surface area (Å²) in [5.41, 5.74) is -0.825. The summed E-state index contributed by atoms with van der Waals surface area (Å²) >= 11 is 0. The zero-order valence-corrected chi connectivity index (χ0v) is 8.79. The molecule has 0 N–H and O–H groups in total. The lowest BCUT2D eigenvalue weighted by molar-refractivity contribution is -0.232. The van der Waals surface area contributed by atoms with Gasteiger partial charge in [-0.15, -0.1) is 10.3 Å². The van der Waals surface area contributed by atoms with E-state index in [0.717, 1.165) is 17.9 Å². The zero-order valence-electron chi connectivity index (χ0n) is 8.79. The van der Waals surface area contributed by atoms with E-state index in [0.29, 0.717) is 0 Å². The Labute approximate surface area is 79.9 Å². The summed E-state index contributed by atoms with van der Waals surface area (Å²) in [6, 6.07) is 2.06. The van der Waals surface area contributed by atoms with Gasteiger partial charge in [0.1, 0.15) is 0 Å². The van der Waals surface area contributed by atoms with E-state index in [2.05, 4.69) is 6.07 Å². The predicted molar refractivity (Wildman–Crippen MR) is 49.0 cm³/mol. The second-order valence-electron chi connectivity index (χ2n) is 5.03. The average molecular weight is 181 g/mol. The predicted octanol–water partition coefficient (Wildman–Crippen LogP) is 2.12. The van der Waals surface area contributed by atoms with E-state index in [1.807, 2.05) is 27.7 Å². The van der Waals surface area contributed by atoms with Gasteiger partial charge in [-0.1, -0.05) is 0 Å². The number of hydrogen-bond acceptors (Lipinski definition) is 2. The van der Waals surface area contributed by atoms with Crippen molar-refractivity contribution in [2.24, 2.45) is 5.41 Å². The molecule has 0 aliphatic carbocycles. The van der Waals surface area contributed by atoms with Gasteiger partial charge in [-0.05, 0) is 40.5 Å². The SMILES string of the molecule is CC(C)(C#N)C1CCC(C)(C)N1[O]. The van der Waals surface area contributed by atoms with Crippen molar-refractivity contribution in [3.63, 3.8) is 0 Å². The molecule has 0 aromatic rings. The maximum atomic E-state index is 11.8. The molecule has 1 radical (unpaired) electrons. The summed E-state index contributed by atoms with van der Waals surface area (Å²) in [5.74, 6) is 0. The van der Waals surface area contributed by atoms with E-state index in [9.17, 15) is 5.21 Å². The van der Waals surface area contributed by atoms with Crippen molar-refractivity contribution in [3.05, 3.63) is 0 Å². The third kappa shape index (κ3) is 1.70. The van der Waals surface area contributed by atoms with Crippen LogP contribution in [0.3, 0.4) is 0 Å². The fourth-order valence-electron chi connectivity index (χ4n) is 1.87. The third-order valence-corrected chi connectivity index (χ3v) is 3.03. The maximum Gasteiger partial charge on any atom is 0.0701 e. The van der Waals surface area contributed by atoms with Crippen LogP contribution in [0, 0.1) is 16.7 Å². The Morgan fingerprint density at radius 3 is 2.38 bits per heavy atom. The van der Waals surface area contributed by atoms with Crippen LogP contribution in [-0.2, 0) is 5.21 Å². The average Bonchev–Trinajstić information content (AvgIpc) is 2.28. The van der Waals surface area contributed by atoms with Gasteiger partial charge in [0.25, 0.3) is 0 Å². The molecule has 3 heteroatoms. The van der Waals surface area contributed by atoms with Gasteiger partial charge >= 0.3 is 0 Å². The topological polar surface area (TPSA) is 46.9 Å². The van der Waals surface area contributed by atoms with Crippen LogP contribution >= 0.6 is 0 Å². The molecule has 0 amide bonds. The number of nitriles is 1. The second kappa shape index (κ2) is 2.97. The highest BCUT2D eigenvalue weighted by Gasteiger charge is 2.47. The van der Waals surface area contributed by atoms with Crippen LogP contribution in [0.4, 0.5) is 0 Å². The highest BCUT2D eigenvalue weighted by Crippen LogP contribution is 2.40. The summed E-state index contributed by atoms with van der Waals surface area (Å²) < 4.78 is 0. The van der Waals surface area contributed by atoms with Crippen molar-refractivity contribution in [2.45, 2.75) is 52.1 Å². The first-order chi connectivity index (χ1) is 5.81. The van der Waals surface area contributed by atoms with Gasteiger partial charge in [0, 0.05) is 5.54 Å². The van der Waals surface area contributed by atoms with Crippen molar-refractivity contribution in [1.82, 2.24) is 5.06 Å². The Balaban J connectivity index is 2.83. The molecule has 1 aliphatic rings. The van der Waals surface area contributed by atoms with E-state index in [1.54, 1.807) is 0 Å². The third-order valence-electron chi connectivity index (χ3n) is 3.03. The zero-order chi connectivity index (χ0) is 10.3. The molecule has 0 aromatic heterocycles. The normalized spacial score (nSPS) is 28.8.